The molecule has 0 bridgehead atoms. The number of nitrogen functional groups attached to an aromatic ring is 1. The van der Waals surface area contributed by atoms with E-state index in [1.54, 1.807) is 0 Å². The summed E-state index contributed by atoms with van der Waals surface area (Å²) >= 11 is 0. The Labute approximate surface area is 125 Å². The zero-order valence-electron chi connectivity index (χ0n) is 12.8. The number of aromatic nitrogens is 1. The highest BCUT2D eigenvalue weighted by Crippen LogP contribution is 2.14. The fourth-order valence-electron chi connectivity index (χ4n) is 2.05. The summed E-state index contributed by atoms with van der Waals surface area (Å²) < 4.78 is 13.8. The van der Waals surface area contributed by atoms with Crippen LogP contribution in [0.25, 0.3) is 0 Å². The number of nitrogens with zero attached hydrogens (tertiary/aromatic N) is 1. The van der Waals surface area contributed by atoms with Crippen LogP contribution in [0.15, 0.2) is 12.3 Å². The fraction of sp³-hybridized carbons (Fsp3) is 0.600. The van der Waals surface area contributed by atoms with Gasteiger partial charge in [-0.2, -0.15) is 0 Å². The monoisotopic (exact) mass is 296 g/mol. The van der Waals surface area contributed by atoms with Gasteiger partial charge in [-0.15, -0.1) is 0 Å². The van der Waals surface area contributed by atoms with Crippen molar-refractivity contribution < 1.29 is 9.18 Å². The van der Waals surface area contributed by atoms with E-state index in [2.05, 4.69) is 29.6 Å². The van der Waals surface area contributed by atoms with Crippen LogP contribution in [0.2, 0.25) is 0 Å². The lowest BCUT2D eigenvalue weighted by Gasteiger charge is -2.08. The molecule has 0 unspecified atom stereocenters. The average Bonchev–Trinajstić information content (AvgIpc) is 2.46. The van der Waals surface area contributed by atoms with E-state index in [9.17, 15) is 9.18 Å². The summed E-state index contributed by atoms with van der Waals surface area (Å²) in [4.78, 5) is 15.6. The molecule has 21 heavy (non-hydrogen) atoms. The number of carbonyl (C=O) groups excluding carboxylic acids is 1. The molecule has 6 heteroatoms. The molecule has 4 N–H and O–H groups in total. The highest BCUT2D eigenvalue weighted by molar-refractivity contribution is 5.95. The normalized spacial score (nSPS) is 10.7. The molecule has 0 aromatic carbocycles. The van der Waals surface area contributed by atoms with Crippen molar-refractivity contribution in [2.24, 2.45) is 11.8 Å². The summed E-state index contributed by atoms with van der Waals surface area (Å²) in [5, 5.41) is 2.72. The van der Waals surface area contributed by atoms with Crippen molar-refractivity contribution in [2.75, 3.05) is 12.0 Å². The molecule has 0 spiro atoms. The number of hydrazine groups is 1. The second kappa shape index (κ2) is 9.28. The minimum Gasteiger partial charge on any atom is -0.352 e. The summed E-state index contributed by atoms with van der Waals surface area (Å²) in [5.41, 5.74) is 2.08. The van der Waals surface area contributed by atoms with Crippen LogP contribution in [0.3, 0.4) is 0 Å². The highest BCUT2D eigenvalue weighted by Gasteiger charge is 2.14. The molecule has 0 atom stereocenters. The molecule has 1 heterocycles. The molecule has 0 aliphatic heterocycles. The van der Waals surface area contributed by atoms with E-state index in [0.717, 1.165) is 18.8 Å². The SMILES string of the molecule is CC(C)CCCCCCNC(=O)c1ccnc(NN)c1F. The highest BCUT2D eigenvalue weighted by atomic mass is 19.1. The van der Waals surface area contributed by atoms with Gasteiger partial charge in [0.25, 0.3) is 5.91 Å². The van der Waals surface area contributed by atoms with Crippen LogP contribution < -0.4 is 16.6 Å². The zero-order valence-corrected chi connectivity index (χ0v) is 12.8. The second-order valence-corrected chi connectivity index (χ2v) is 5.52. The Morgan fingerprint density at radius 1 is 1.33 bits per heavy atom. The third-order valence-corrected chi connectivity index (χ3v) is 3.26. The average molecular weight is 296 g/mol. The Bertz CT molecular complexity index is 451. The van der Waals surface area contributed by atoms with Gasteiger partial charge in [0.05, 0.1) is 5.56 Å². The first kappa shape index (κ1) is 17.4. The number of carbonyl (C=O) groups is 1. The van der Waals surface area contributed by atoms with Crippen molar-refractivity contribution in [1.82, 2.24) is 10.3 Å². The molecular formula is C15H25FN4O. The van der Waals surface area contributed by atoms with Crippen molar-refractivity contribution in [1.29, 1.82) is 0 Å². The fourth-order valence-corrected chi connectivity index (χ4v) is 2.05. The lowest BCUT2D eigenvalue weighted by Crippen LogP contribution is -2.26. The van der Waals surface area contributed by atoms with Gasteiger partial charge >= 0.3 is 0 Å². The van der Waals surface area contributed by atoms with E-state index in [4.69, 9.17) is 5.84 Å². The number of amides is 1. The maximum Gasteiger partial charge on any atom is 0.254 e. The first-order valence-electron chi connectivity index (χ1n) is 7.45. The van der Waals surface area contributed by atoms with Gasteiger partial charge in [-0.1, -0.05) is 39.5 Å². The molecule has 1 aromatic rings. The summed E-state index contributed by atoms with van der Waals surface area (Å²) in [6.45, 7) is 4.98. The van der Waals surface area contributed by atoms with Crippen LogP contribution in [0.4, 0.5) is 10.2 Å². The summed E-state index contributed by atoms with van der Waals surface area (Å²) in [6, 6.07) is 1.34. The van der Waals surface area contributed by atoms with E-state index in [1.165, 1.54) is 31.5 Å². The van der Waals surface area contributed by atoms with Crippen LogP contribution >= 0.6 is 0 Å². The molecule has 0 fully saturated rings. The van der Waals surface area contributed by atoms with E-state index < -0.39 is 11.7 Å². The van der Waals surface area contributed by atoms with Crippen LogP contribution in [-0.4, -0.2) is 17.4 Å². The van der Waals surface area contributed by atoms with Crippen molar-refractivity contribution in [3.63, 3.8) is 0 Å². The zero-order chi connectivity index (χ0) is 15.7. The van der Waals surface area contributed by atoms with E-state index in [-0.39, 0.29) is 11.4 Å². The van der Waals surface area contributed by atoms with E-state index in [1.807, 2.05) is 0 Å². The number of halogens is 1. The van der Waals surface area contributed by atoms with Crippen LogP contribution in [0.5, 0.6) is 0 Å². The first-order chi connectivity index (χ1) is 10.1. The van der Waals surface area contributed by atoms with Gasteiger partial charge in [-0.25, -0.2) is 15.2 Å². The molecule has 1 amide bonds. The lowest BCUT2D eigenvalue weighted by molar-refractivity contribution is 0.0949. The number of rotatable bonds is 9. The Morgan fingerprint density at radius 3 is 2.71 bits per heavy atom. The predicted molar refractivity (Wildman–Crippen MR) is 82.3 cm³/mol. The molecule has 0 saturated heterocycles. The van der Waals surface area contributed by atoms with Gasteiger partial charge < -0.3 is 10.7 Å². The molecular weight excluding hydrogens is 271 g/mol. The number of nitrogens with one attached hydrogen (secondary N) is 2. The Kier molecular flexibility index (Phi) is 7.68. The number of nitrogens with two attached hydrogens (primary N) is 1. The molecule has 0 saturated carbocycles. The van der Waals surface area contributed by atoms with Gasteiger partial charge in [0.15, 0.2) is 11.6 Å². The molecule has 5 nitrogen and oxygen atoms in total. The summed E-state index contributed by atoms with van der Waals surface area (Å²) in [6.07, 6.45) is 6.94. The first-order valence-corrected chi connectivity index (χ1v) is 7.45. The molecule has 0 aliphatic carbocycles. The van der Waals surface area contributed by atoms with Crippen LogP contribution in [0, 0.1) is 11.7 Å². The van der Waals surface area contributed by atoms with Gasteiger partial charge in [0.2, 0.25) is 0 Å². The van der Waals surface area contributed by atoms with Crippen LogP contribution in [0.1, 0.15) is 56.3 Å². The summed E-state index contributed by atoms with van der Waals surface area (Å²) in [5.74, 6) is 4.57. The van der Waals surface area contributed by atoms with Crippen molar-refractivity contribution in [2.45, 2.75) is 46.0 Å². The van der Waals surface area contributed by atoms with E-state index >= 15 is 0 Å². The number of hydrogen-bond acceptors (Lipinski definition) is 4. The van der Waals surface area contributed by atoms with Crippen LogP contribution in [-0.2, 0) is 0 Å². The van der Waals surface area contributed by atoms with Gasteiger partial charge in [0.1, 0.15) is 0 Å². The lowest BCUT2D eigenvalue weighted by atomic mass is 10.0. The standard InChI is InChI=1S/C15H25FN4O/c1-11(2)7-5-3-4-6-9-19-15(21)12-8-10-18-14(20-17)13(12)16/h8,10-11H,3-7,9,17H2,1-2H3,(H,18,20)(H,19,21). The Balaban J connectivity index is 2.28. The van der Waals surface area contributed by atoms with Crippen molar-refractivity contribution >= 4 is 11.7 Å². The number of hydrogen-bond donors (Lipinski definition) is 3. The van der Waals surface area contributed by atoms with E-state index in [0.29, 0.717) is 6.54 Å². The number of pyridine rings is 1. The topological polar surface area (TPSA) is 80.0 Å². The minimum absolute atomic E-state index is 0.0437. The summed E-state index contributed by atoms with van der Waals surface area (Å²) in [7, 11) is 0. The smallest absolute Gasteiger partial charge is 0.254 e. The molecule has 0 aliphatic rings. The van der Waals surface area contributed by atoms with Gasteiger partial charge in [-0.05, 0) is 18.4 Å². The third-order valence-electron chi connectivity index (χ3n) is 3.26. The van der Waals surface area contributed by atoms with Crippen molar-refractivity contribution in [3.05, 3.63) is 23.6 Å². The van der Waals surface area contributed by atoms with Gasteiger partial charge in [0, 0.05) is 12.7 Å². The molecule has 0 radical (unpaired) electrons. The maximum atomic E-state index is 13.8. The Hall–Kier alpha value is -1.69. The Morgan fingerprint density at radius 2 is 2.05 bits per heavy atom. The number of unbranched alkanes of at least 4 members (excludes halogenated alkanes) is 3. The second-order valence-electron chi connectivity index (χ2n) is 5.52. The largest absolute Gasteiger partial charge is 0.352 e. The minimum atomic E-state index is -0.727. The van der Waals surface area contributed by atoms with Gasteiger partial charge in [-0.3, -0.25) is 4.79 Å². The third kappa shape index (κ3) is 6.08. The molecule has 1 aromatic heterocycles. The quantitative estimate of drug-likeness (QED) is 0.372. The number of anilines is 1. The molecule has 1 rings (SSSR count). The molecule has 118 valence electrons. The van der Waals surface area contributed by atoms with Crippen molar-refractivity contribution in [3.8, 4) is 0 Å². The predicted octanol–water partition coefficient (Wildman–Crippen LogP) is 2.84. The maximum absolute atomic E-state index is 13.8.